The van der Waals surface area contributed by atoms with E-state index in [4.69, 9.17) is 0 Å². The predicted octanol–water partition coefficient (Wildman–Crippen LogP) is 1.12. The summed E-state index contributed by atoms with van der Waals surface area (Å²) in [7, 11) is 2.03. The lowest BCUT2D eigenvalue weighted by Crippen LogP contribution is -2.22. The third kappa shape index (κ3) is 2.05. The van der Waals surface area contributed by atoms with Gasteiger partial charge in [0.25, 0.3) is 0 Å². The Morgan fingerprint density at radius 2 is 2.00 bits per heavy atom. The highest BCUT2D eigenvalue weighted by molar-refractivity contribution is 7.59. The molecule has 0 bridgehead atoms. The first-order valence-corrected chi connectivity index (χ1v) is 3.02. The minimum Gasteiger partial charge on any atom is -0.317 e. The second kappa shape index (κ2) is 3.36. The van der Waals surface area contributed by atoms with Gasteiger partial charge in [-0.2, -0.15) is 13.5 Å². The standard InChI is InChI=1S/C6H13N.H2S/c1-5(7-2)6-3-4-6;/h5-7H,3-4H2,1-2H3;1H2/t5-;/m0./s1. The van der Waals surface area contributed by atoms with Crippen LogP contribution in [0.4, 0.5) is 0 Å². The summed E-state index contributed by atoms with van der Waals surface area (Å²) in [6, 6.07) is 0.764. The van der Waals surface area contributed by atoms with E-state index < -0.39 is 0 Å². The molecule has 1 aliphatic carbocycles. The lowest BCUT2D eigenvalue weighted by Gasteiger charge is -2.04. The Kier molecular flexibility index (Phi) is 3.49. The van der Waals surface area contributed by atoms with Crippen LogP contribution in [0.1, 0.15) is 19.8 Å². The first-order valence-electron chi connectivity index (χ1n) is 3.02. The summed E-state index contributed by atoms with van der Waals surface area (Å²) in [5, 5.41) is 3.23. The van der Waals surface area contributed by atoms with Crippen LogP contribution in [-0.2, 0) is 0 Å². The van der Waals surface area contributed by atoms with Crippen molar-refractivity contribution >= 4 is 13.5 Å². The van der Waals surface area contributed by atoms with Crippen molar-refractivity contribution in [3.63, 3.8) is 0 Å². The first kappa shape index (κ1) is 8.31. The van der Waals surface area contributed by atoms with Gasteiger partial charge in [0.2, 0.25) is 0 Å². The van der Waals surface area contributed by atoms with Gasteiger partial charge in [-0.1, -0.05) is 0 Å². The van der Waals surface area contributed by atoms with Gasteiger partial charge in [0.1, 0.15) is 0 Å². The van der Waals surface area contributed by atoms with E-state index in [0.717, 1.165) is 12.0 Å². The van der Waals surface area contributed by atoms with E-state index in [-0.39, 0.29) is 13.5 Å². The lowest BCUT2D eigenvalue weighted by molar-refractivity contribution is 0.546. The van der Waals surface area contributed by atoms with E-state index in [2.05, 4.69) is 12.2 Å². The molecule has 1 N–H and O–H groups in total. The number of nitrogens with one attached hydrogen (secondary N) is 1. The highest BCUT2D eigenvalue weighted by Crippen LogP contribution is 2.31. The molecule has 2 heteroatoms. The van der Waals surface area contributed by atoms with Gasteiger partial charge >= 0.3 is 0 Å². The Balaban J connectivity index is 0.000000490. The van der Waals surface area contributed by atoms with Gasteiger partial charge in [0, 0.05) is 6.04 Å². The van der Waals surface area contributed by atoms with Crippen LogP contribution in [0.3, 0.4) is 0 Å². The van der Waals surface area contributed by atoms with Gasteiger partial charge in [-0.15, -0.1) is 0 Å². The number of hydrogen-bond acceptors (Lipinski definition) is 1. The van der Waals surface area contributed by atoms with Crippen molar-refractivity contribution < 1.29 is 0 Å². The van der Waals surface area contributed by atoms with Crippen molar-refractivity contribution in [1.82, 2.24) is 5.32 Å². The smallest absolute Gasteiger partial charge is 0.00640 e. The van der Waals surface area contributed by atoms with Crippen molar-refractivity contribution in [3.05, 3.63) is 0 Å². The van der Waals surface area contributed by atoms with Crippen LogP contribution in [0, 0.1) is 5.92 Å². The van der Waals surface area contributed by atoms with E-state index in [0.29, 0.717) is 0 Å². The summed E-state index contributed by atoms with van der Waals surface area (Å²) in [5.41, 5.74) is 0. The van der Waals surface area contributed by atoms with Gasteiger partial charge in [0.05, 0.1) is 0 Å². The summed E-state index contributed by atoms with van der Waals surface area (Å²) in [5.74, 6) is 1.00. The highest BCUT2D eigenvalue weighted by atomic mass is 32.1. The topological polar surface area (TPSA) is 12.0 Å². The molecule has 1 atom stereocenters. The number of hydrogen-bond donors (Lipinski definition) is 1. The third-order valence-corrected chi connectivity index (χ3v) is 1.78. The van der Waals surface area contributed by atoms with Crippen LogP contribution < -0.4 is 5.32 Å². The SMILES string of the molecule is CN[C@@H](C)C1CC1.S. The highest BCUT2D eigenvalue weighted by Gasteiger charge is 2.26. The van der Waals surface area contributed by atoms with E-state index in [1.807, 2.05) is 7.05 Å². The second-order valence-corrected chi connectivity index (χ2v) is 2.41. The molecule has 50 valence electrons. The molecular weight excluding hydrogens is 118 g/mol. The van der Waals surface area contributed by atoms with Gasteiger partial charge in [-0.05, 0) is 32.7 Å². The first-order chi connectivity index (χ1) is 3.34. The molecule has 0 amide bonds. The maximum Gasteiger partial charge on any atom is 0.00640 e. The Labute approximate surface area is 58.3 Å². The fraction of sp³-hybridized carbons (Fsp3) is 1.00. The molecule has 1 rings (SSSR count). The number of rotatable bonds is 2. The van der Waals surface area contributed by atoms with Crippen LogP contribution >= 0.6 is 13.5 Å². The Bertz CT molecular complexity index is 61.5. The lowest BCUT2D eigenvalue weighted by atomic mass is 10.2. The fourth-order valence-electron chi connectivity index (χ4n) is 0.832. The summed E-state index contributed by atoms with van der Waals surface area (Å²) < 4.78 is 0. The molecule has 0 aromatic rings. The van der Waals surface area contributed by atoms with Gasteiger partial charge in [-0.25, -0.2) is 0 Å². The van der Waals surface area contributed by atoms with Crippen molar-refractivity contribution in [3.8, 4) is 0 Å². The van der Waals surface area contributed by atoms with E-state index >= 15 is 0 Å². The molecule has 1 saturated carbocycles. The van der Waals surface area contributed by atoms with Gasteiger partial charge < -0.3 is 5.32 Å². The van der Waals surface area contributed by atoms with Crippen molar-refractivity contribution in [2.24, 2.45) is 5.92 Å². The van der Waals surface area contributed by atoms with Gasteiger partial charge in [0.15, 0.2) is 0 Å². The van der Waals surface area contributed by atoms with Crippen molar-refractivity contribution in [1.29, 1.82) is 0 Å². The van der Waals surface area contributed by atoms with E-state index in [1.165, 1.54) is 12.8 Å². The predicted molar refractivity (Wildman–Crippen MR) is 41.6 cm³/mol. The third-order valence-electron chi connectivity index (χ3n) is 1.78. The zero-order valence-electron chi connectivity index (χ0n) is 5.57. The quantitative estimate of drug-likeness (QED) is 0.595. The molecule has 1 fully saturated rings. The maximum atomic E-state index is 3.23. The summed E-state index contributed by atoms with van der Waals surface area (Å²) in [6.45, 7) is 2.25. The zero-order chi connectivity index (χ0) is 5.28. The largest absolute Gasteiger partial charge is 0.317 e. The summed E-state index contributed by atoms with van der Waals surface area (Å²) >= 11 is 0. The minimum atomic E-state index is 0. The molecule has 0 aromatic heterocycles. The Morgan fingerprint density at radius 1 is 1.50 bits per heavy atom. The fourth-order valence-corrected chi connectivity index (χ4v) is 0.832. The van der Waals surface area contributed by atoms with Crippen molar-refractivity contribution in [2.75, 3.05) is 7.05 Å². The molecule has 1 aliphatic rings. The maximum absolute atomic E-state index is 3.23. The second-order valence-electron chi connectivity index (χ2n) is 2.41. The van der Waals surface area contributed by atoms with Crippen LogP contribution in [0.2, 0.25) is 0 Å². The summed E-state index contributed by atoms with van der Waals surface area (Å²) in [6.07, 6.45) is 2.89. The average Bonchev–Trinajstić information content (AvgIpc) is 2.44. The summed E-state index contributed by atoms with van der Waals surface area (Å²) in [4.78, 5) is 0. The molecule has 1 nitrogen and oxygen atoms in total. The average molecular weight is 133 g/mol. The normalized spacial score (nSPS) is 21.8. The van der Waals surface area contributed by atoms with Crippen LogP contribution in [0.5, 0.6) is 0 Å². The minimum absolute atomic E-state index is 0. The molecule has 0 aliphatic heterocycles. The Morgan fingerprint density at radius 3 is 2.12 bits per heavy atom. The molecule has 8 heavy (non-hydrogen) atoms. The van der Waals surface area contributed by atoms with Crippen LogP contribution in [0.25, 0.3) is 0 Å². The van der Waals surface area contributed by atoms with Crippen molar-refractivity contribution in [2.45, 2.75) is 25.8 Å². The van der Waals surface area contributed by atoms with E-state index in [1.54, 1.807) is 0 Å². The molecule has 0 unspecified atom stereocenters. The molecule has 0 radical (unpaired) electrons. The molecule has 0 heterocycles. The monoisotopic (exact) mass is 133 g/mol. The van der Waals surface area contributed by atoms with Crippen LogP contribution in [-0.4, -0.2) is 13.1 Å². The molecule has 0 spiro atoms. The van der Waals surface area contributed by atoms with Gasteiger partial charge in [-0.3, -0.25) is 0 Å². The van der Waals surface area contributed by atoms with E-state index in [9.17, 15) is 0 Å². The zero-order valence-corrected chi connectivity index (χ0v) is 6.57. The molecule has 0 aromatic carbocycles. The molecule has 0 saturated heterocycles. The molecular formula is C6H15NS. The Hall–Kier alpha value is 0.310. The van der Waals surface area contributed by atoms with Crippen LogP contribution in [0.15, 0.2) is 0 Å².